The highest BCUT2D eigenvalue weighted by atomic mass is 35.5. The molecular formula is C24H16Cl3N3O2S. The first kappa shape index (κ1) is 22.0. The van der Waals surface area contributed by atoms with Gasteiger partial charge < -0.3 is 19.7 Å². The van der Waals surface area contributed by atoms with E-state index < -0.39 is 6.04 Å². The van der Waals surface area contributed by atoms with Gasteiger partial charge in [0.15, 0.2) is 5.11 Å². The average Bonchev–Trinajstić information content (AvgIpc) is 3.42. The van der Waals surface area contributed by atoms with E-state index in [1.54, 1.807) is 35.4 Å². The van der Waals surface area contributed by atoms with E-state index >= 15 is 0 Å². The number of halogens is 3. The Labute approximate surface area is 210 Å². The molecule has 0 aliphatic carbocycles. The first-order valence-electron chi connectivity index (χ1n) is 9.96. The van der Waals surface area contributed by atoms with Crippen molar-refractivity contribution in [1.29, 1.82) is 0 Å². The van der Waals surface area contributed by atoms with Gasteiger partial charge in [0.05, 0.1) is 27.5 Å². The molecule has 9 heteroatoms. The summed E-state index contributed by atoms with van der Waals surface area (Å²) in [5, 5.41) is 15.7. The fraction of sp³-hybridized carbons (Fsp3) is 0.0833. The molecule has 0 unspecified atom stereocenters. The smallest absolute Gasteiger partial charge is 0.174 e. The quantitative estimate of drug-likeness (QED) is 0.280. The fourth-order valence-electron chi connectivity index (χ4n) is 3.91. The summed E-state index contributed by atoms with van der Waals surface area (Å²) in [7, 11) is 0. The molecular weight excluding hydrogens is 501 g/mol. The Hall–Kier alpha value is -2.77. The maximum atomic E-state index is 10.6. The van der Waals surface area contributed by atoms with E-state index in [4.69, 9.17) is 51.4 Å². The van der Waals surface area contributed by atoms with Crippen LogP contribution in [0.4, 0.5) is 5.69 Å². The maximum absolute atomic E-state index is 10.6. The molecule has 1 aliphatic heterocycles. The van der Waals surface area contributed by atoms with Crippen LogP contribution in [-0.2, 0) is 0 Å². The predicted molar refractivity (Wildman–Crippen MR) is 135 cm³/mol. The molecule has 2 N–H and O–H groups in total. The zero-order valence-electron chi connectivity index (χ0n) is 16.9. The third-order valence-corrected chi connectivity index (χ3v) is 6.71. The van der Waals surface area contributed by atoms with Gasteiger partial charge in [-0.3, -0.25) is 4.98 Å². The van der Waals surface area contributed by atoms with Gasteiger partial charge in [0.25, 0.3) is 0 Å². The Morgan fingerprint density at radius 2 is 1.82 bits per heavy atom. The molecule has 0 radical (unpaired) electrons. The van der Waals surface area contributed by atoms with Gasteiger partial charge >= 0.3 is 0 Å². The number of nitrogens with zero attached hydrogens (tertiary/aromatic N) is 2. The summed E-state index contributed by atoms with van der Waals surface area (Å²) in [5.41, 5.74) is 2.04. The molecule has 2 atom stereocenters. The number of anilines is 1. The molecule has 1 saturated heterocycles. The third-order valence-electron chi connectivity index (χ3n) is 5.42. The van der Waals surface area contributed by atoms with E-state index in [0.717, 1.165) is 11.3 Å². The Bertz CT molecular complexity index is 1350. The molecule has 0 amide bonds. The minimum absolute atomic E-state index is 0.0477. The Morgan fingerprint density at radius 3 is 2.58 bits per heavy atom. The van der Waals surface area contributed by atoms with Gasteiger partial charge in [-0.25, -0.2) is 0 Å². The van der Waals surface area contributed by atoms with Crippen LogP contribution in [0, 0.1) is 0 Å². The normalized spacial score (nSPS) is 17.9. The van der Waals surface area contributed by atoms with E-state index in [2.05, 4.69) is 10.3 Å². The summed E-state index contributed by atoms with van der Waals surface area (Å²) in [6.07, 6.45) is 1.72. The molecule has 2 aromatic carbocycles. The Balaban J connectivity index is 1.62. The van der Waals surface area contributed by atoms with Gasteiger partial charge in [0, 0.05) is 16.8 Å². The van der Waals surface area contributed by atoms with Gasteiger partial charge in [-0.15, -0.1) is 0 Å². The number of aromatic hydroxyl groups is 1. The summed E-state index contributed by atoms with van der Waals surface area (Å²) in [6, 6.07) is 18.8. The molecule has 0 bridgehead atoms. The van der Waals surface area contributed by atoms with Gasteiger partial charge in [0.1, 0.15) is 23.3 Å². The van der Waals surface area contributed by atoms with Crippen molar-refractivity contribution in [2.24, 2.45) is 0 Å². The maximum Gasteiger partial charge on any atom is 0.174 e. The minimum atomic E-state index is -0.437. The van der Waals surface area contributed by atoms with Crippen molar-refractivity contribution in [2.45, 2.75) is 12.1 Å². The summed E-state index contributed by atoms with van der Waals surface area (Å²) >= 11 is 24.2. The lowest BCUT2D eigenvalue weighted by Gasteiger charge is -2.26. The molecule has 166 valence electrons. The monoisotopic (exact) mass is 515 g/mol. The number of phenols is 1. The lowest BCUT2D eigenvalue weighted by Crippen LogP contribution is -2.29. The zero-order chi connectivity index (χ0) is 23.1. The lowest BCUT2D eigenvalue weighted by molar-refractivity contribution is 0.434. The number of pyridine rings is 1. The van der Waals surface area contributed by atoms with Crippen LogP contribution in [-0.4, -0.2) is 15.2 Å². The number of benzene rings is 2. The SMILES string of the molecule is Oc1ccc(Cl)cc1N1C(=S)N[C@H](c2ccccn2)[C@H]1c1ccc(-c2ccc(Cl)c(Cl)c2)o1. The van der Waals surface area contributed by atoms with Crippen LogP contribution in [0.5, 0.6) is 5.75 Å². The van der Waals surface area contributed by atoms with Crippen molar-refractivity contribution in [3.8, 4) is 17.1 Å². The molecule has 0 saturated carbocycles. The zero-order valence-corrected chi connectivity index (χ0v) is 20.0. The molecule has 4 aromatic rings. The minimum Gasteiger partial charge on any atom is -0.506 e. The predicted octanol–water partition coefficient (Wildman–Crippen LogP) is 7.18. The summed E-state index contributed by atoms with van der Waals surface area (Å²) < 4.78 is 6.28. The van der Waals surface area contributed by atoms with E-state index in [1.807, 2.05) is 36.4 Å². The van der Waals surface area contributed by atoms with Crippen molar-refractivity contribution in [3.63, 3.8) is 0 Å². The van der Waals surface area contributed by atoms with Crippen molar-refractivity contribution in [2.75, 3.05) is 4.90 Å². The van der Waals surface area contributed by atoms with Gasteiger partial charge in [-0.05, 0) is 72.9 Å². The van der Waals surface area contributed by atoms with Crippen LogP contribution in [0.2, 0.25) is 15.1 Å². The number of phenolic OH excluding ortho intramolecular Hbond substituents is 1. The van der Waals surface area contributed by atoms with Gasteiger partial charge in [-0.2, -0.15) is 0 Å². The standard InChI is InChI=1S/C24H16Cl3N3O2S/c25-14-5-7-19(31)18(12-14)30-23(22(29-24(30)33)17-3-1-2-10-28-17)21-9-8-20(32-21)13-4-6-15(26)16(27)11-13/h1-12,22-23,31H,(H,29,33)/t22-,23-/m1/s1. The van der Waals surface area contributed by atoms with E-state index in [9.17, 15) is 5.11 Å². The molecule has 5 rings (SSSR count). The van der Waals surface area contributed by atoms with Crippen LogP contribution < -0.4 is 10.2 Å². The number of aromatic nitrogens is 1. The second kappa shape index (κ2) is 8.88. The van der Waals surface area contributed by atoms with Gasteiger partial charge in [-0.1, -0.05) is 40.9 Å². The summed E-state index contributed by atoms with van der Waals surface area (Å²) in [6.45, 7) is 0. The van der Waals surface area contributed by atoms with Crippen LogP contribution in [0.15, 0.2) is 77.3 Å². The lowest BCUT2D eigenvalue weighted by atomic mass is 10.0. The van der Waals surface area contributed by atoms with E-state index in [-0.39, 0.29) is 11.8 Å². The van der Waals surface area contributed by atoms with Crippen molar-refractivity contribution < 1.29 is 9.52 Å². The summed E-state index contributed by atoms with van der Waals surface area (Å²) in [5.74, 6) is 1.29. The number of rotatable bonds is 4. The van der Waals surface area contributed by atoms with Crippen molar-refractivity contribution in [1.82, 2.24) is 10.3 Å². The van der Waals surface area contributed by atoms with E-state index in [0.29, 0.717) is 37.4 Å². The largest absolute Gasteiger partial charge is 0.506 e. The highest BCUT2D eigenvalue weighted by Gasteiger charge is 2.43. The molecule has 1 fully saturated rings. The Kier molecular flexibility index (Phi) is 5.93. The van der Waals surface area contributed by atoms with Crippen molar-refractivity contribution in [3.05, 3.63) is 99.4 Å². The molecule has 3 heterocycles. The van der Waals surface area contributed by atoms with Crippen LogP contribution in [0.1, 0.15) is 23.5 Å². The highest BCUT2D eigenvalue weighted by molar-refractivity contribution is 7.80. The number of hydrogen-bond donors (Lipinski definition) is 2. The number of hydrogen-bond acceptors (Lipinski definition) is 4. The Morgan fingerprint density at radius 1 is 0.970 bits per heavy atom. The van der Waals surface area contributed by atoms with Gasteiger partial charge in [0.2, 0.25) is 0 Å². The van der Waals surface area contributed by atoms with E-state index in [1.165, 1.54) is 6.07 Å². The third kappa shape index (κ3) is 4.15. The van der Waals surface area contributed by atoms with Crippen LogP contribution in [0.25, 0.3) is 11.3 Å². The first-order chi connectivity index (χ1) is 15.9. The second-order valence-electron chi connectivity index (χ2n) is 7.46. The molecule has 33 heavy (non-hydrogen) atoms. The first-order valence-corrected chi connectivity index (χ1v) is 11.5. The number of thiocarbonyl (C=S) groups is 1. The fourth-order valence-corrected chi connectivity index (χ4v) is 4.71. The molecule has 2 aromatic heterocycles. The topological polar surface area (TPSA) is 61.5 Å². The molecule has 1 aliphatic rings. The second-order valence-corrected chi connectivity index (χ2v) is 9.10. The molecule has 0 spiro atoms. The number of furan rings is 1. The van der Waals surface area contributed by atoms with Crippen molar-refractivity contribution >= 4 is 57.8 Å². The average molecular weight is 517 g/mol. The summed E-state index contributed by atoms with van der Waals surface area (Å²) in [4.78, 5) is 6.31. The highest BCUT2D eigenvalue weighted by Crippen LogP contribution is 2.46. The molecule has 5 nitrogen and oxygen atoms in total. The van der Waals surface area contributed by atoms with Crippen LogP contribution >= 0.6 is 47.0 Å². The number of nitrogens with one attached hydrogen (secondary N) is 1. The van der Waals surface area contributed by atoms with Crippen LogP contribution in [0.3, 0.4) is 0 Å².